The molecule has 1 aliphatic rings. The van der Waals surface area contributed by atoms with Crippen molar-refractivity contribution in [2.75, 3.05) is 5.32 Å². The highest BCUT2D eigenvalue weighted by atomic mass is 15.0. The van der Waals surface area contributed by atoms with Crippen LogP contribution in [0, 0.1) is 0 Å². The highest BCUT2D eigenvalue weighted by molar-refractivity contribution is 6.01. The Balaban J connectivity index is 1.54. The van der Waals surface area contributed by atoms with E-state index in [1.807, 2.05) is 23.3 Å². The van der Waals surface area contributed by atoms with Gasteiger partial charge in [-0.1, -0.05) is 30.3 Å². The molecule has 0 aliphatic carbocycles. The number of fused-ring (bicyclic) bond motifs is 2. The van der Waals surface area contributed by atoms with Gasteiger partial charge in [0.05, 0.1) is 12.4 Å². The lowest BCUT2D eigenvalue weighted by Gasteiger charge is -2.20. The van der Waals surface area contributed by atoms with Crippen molar-refractivity contribution in [3.63, 3.8) is 0 Å². The predicted octanol–water partition coefficient (Wildman–Crippen LogP) is 4.93. The van der Waals surface area contributed by atoms with E-state index in [-0.39, 0.29) is 6.04 Å². The average Bonchev–Trinajstić information content (AvgIpc) is 3.40. The quantitative estimate of drug-likeness (QED) is 0.467. The van der Waals surface area contributed by atoms with Crippen molar-refractivity contribution in [2.24, 2.45) is 0 Å². The summed E-state index contributed by atoms with van der Waals surface area (Å²) in [7, 11) is 0. The second-order valence-electron chi connectivity index (χ2n) is 7.01. The number of pyridine rings is 1. The fourth-order valence-electron chi connectivity index (χ4n) is 4.12. The molecule has 0 spiro atoms. The Bertz CT molecular complexity index is 1280. The molecule has 28 heavy (non-hydrogen) atoms. The van der Waals surface area contributed by atoms with Gasteiger partial charge >= 0.3 is 0 Å². The number of rotatable bonds is 2. The Morgan fingerprint density at radius 2 is 1.79 bits per heavy atom. The van der Waals surface area contributed by atoms with Gasteiger partial charge in [0.25, 0.3) is 0 Å². The summed E-state index contributed by atoms with van der Waals surface area (Å²) in [4.78, 5) is 12.0. The number of hydrogen-bond donors (Lipinski definition) is 2. The number of benzene rings is 2. The van der Waals surface area contributed by atoms with E-state index in [0.717, 1.165) is 17.0 Å². The molecule has 0 amide bonds. The summed E-state index contributed by atoms with van der Waals surface area (Å²) in [6, 6.07) is 19.2. The van der Waals surface area contributed by atoms with Crippen LogP contribution in [0.5, 0.6) is 0 Å². The van der Waals surface area contributed by atoms with Crippen LogP contribution in [0.2, 0.25) is 0 Å². The second-order valence-corrected chi connectivity index (χ2v) is 7.01. The number of anilines is 1. The van der Waals surface area contributed by atoms with Gasteiger partial charge in [0.1, 0.15) is 5.65 Å². The normalized spacial score (nSPS) is 15.1. The molecule has 1 atom stereocenters. The van der Waals surface area contributed by atoms with Gasteiger partial charge in [-0.25, -0.2) is 9.97 Å². The largest absolute Gasteiger partial charge is 0.374 e. The average molecular weight is 363 g/mol. The summed E-state index contributed by atoms with van der Waals surface area (Å²) in [6.07, 6.45) is 9.50. The lowest BCUT2D eigenvalue weighted by Crippen LogP contribution is -2.11. The van der Waals surface area contributed by atoms with Gasteiger partial charge < -0.3 is 14.9 Å². The van der Waals surface area contributed by atoms with Gasteiger partial charge in [-0.15, -0.1) is 0 Å². The lowest BCUT2D eigenvalue weighted by atomic mass is 9.97. The van der Waals surface area contributed by atoms with E-state index in [9.17, 15) is 0 Å². The third-order valence-corrected chi connectivity index (χ3v) is 5.46. The SMILES string of the molecule is c1ccc2c(c1)NC(c1ccc(-n3ccnc3)cc1)c1c[nH]c3nccc-2c13. The minimum absolute atomic E-state index is 0.0391. The number of para-hydroxylation sites is 1. The fraction of sp³-hybridized carbons (Fsp3) is 0.0435. The van der Waals surface area contributed by atoms with Crippen LogP contribution < -0.4 is 5.32 Å². The molecule has 0 saturated heterocycles. The first-order valence-electron chi connectivity index (χ1n) is 9.29. The first kappa shape index (κ1) is 15.2. The second kappa shape index (κ2) is 5.82. The predicted molar refractivity (Wildman–Crippen MR) is 111 cm³/mol. The van der Waals surface area contributed by atoms with Crippen LogP contribution in [0.3, 0.4) is 0 Å². The lowest BCUT2D eigenvalue weighted by molar-refractivity contribution is 0.948. The molecule has 0 saturated carbocycles. The van der Waals surface area contributed by atoms with Crippen LogP contribution >= 0.6 is 0 Å². The zero-order valence-electron chi connectivity index (χ0n) is 15.0. The number of nitrogens with one attached hydrogen (secondary N) is 2. The third-order valence-electron chi connectivity index (χ3n) is 5.46. The Morgan fingerprint density at radius 3 is 2.64 bits per heavy atom. The zero-order valence-corrected chi connectivity index (χ0v) is 15.0. The molecule has 0 radical (unpaired) electrons. The first-order valence-corrected chi connectivity index (χ1v) is 9.29. The van der Waals surface area contributed by atoms with Crippen LogP contribution in [0.25, 0.3) is 27.8 Å². The third kappa shape index (κ3) is 2.19. The van der Waals surface area contributed by atoms with Crippen molar-refractivity contribution in [3.05, 3.63) is 96.8 Å². The van der Waals surface area contributed by atoms with E-state index >= 15 is 0 Å². The molecule has 1 aliphatic heterocycles. The van der Waals surface area contributed by atoms with Gasteiger partial charge in [0, 0.05) is 52.7 Å². The van der Waals surface area contributed by atoms with Crippen LogP contribution in [0.1, 0.15) is 17.2 Å². The summed E-state index contributed by atoms with van der Waals surface area (Å²) in [6.45, 7) is 0. The molecule has 3 aromatic heterocycles. The Hall–Kier alpha value is -3.86. The molecular formula is C23H17N5. The van der Waals surface area contributed by atoms with Gasteiger partial charge in [0.15, 0.2) is 0 Å². The monoisotopic (exact) mass is 363 g/mol. The number of H-pyrrole nitrogens is 1. The number of imidazole rings is 1. The summed E-state index contributed by atoms with van der Waals surface area (Å²) in [5, 5.41) is 4.94. The Labute approximate surface area is 161 Å². The van der Waals surface area contributed by atoms with Gasteiger partial charge in [-0.05, 0) is 35.4 Å². The zero-order chi connectivity index (χ0) is 18.5. The number of hydrogen-bond acceptors (Lipinski definition) is 3. The van der Waals surface area contributed by atoms with E-state index < -0.39 is 0 Å². The molecule has 0 bridgehead atoms. The van der Waals surface area contributed by atoms with Crippen LogP contribution in [0.15, 0.2) is 85.7 Å². The fourth-order valence-corrected chi connectivity index (χ4v) is 4.12. The summed E-state index contributed by atoms with van der Waals surface area (Å²) in [5.41, 5.74) is 7.98. The maximum atomic E-state index is 4.54. The molecule has 134 valence electrons. The van der Waals surface area contributed by atoms with E-state index in [1.54, 1.807) is 6.20 Å². The Morgan fingerprint density at radius 1 is 0.893 bits per heavy atom. The van der Waals surface area contributed by atoms with E-state index in [0.29, 0.717) is 0 Å². The number of aromatic nitrogens is 4. The highest BCUT2D eigenvalue weighted by Crippen LogP contribution is 2.43. The molecular weight excluding hydrogens is 346 g/mol. The smallest absolute Gasteiger partial charge is 0.138 e. The maximum Gasteiger partial charge on any atom is 0.138 e. The van der Waals surface area contributed by atoms with Crippen LogP contribution in [0.4, 0.5) is 5.69 Å². The maximum absolute atomic E-state index is 4.54. The van der Waals surface area contributed by atoms with Gasteiger partial charge in [-0.3, -0.25) is 0 Å². The molecule has 6 rings (SSSR count). The molecule has 4 heterocycles. The molecule has 2 N–H and O–H groups in total. The van der Waals surface area contributed by atoms with Crippen LogP contribution in [-0.4, -0.2) is 19.5 Å². The Kier molecular flexibility index (Phi) is 3.17. The summed E-state index contributed by atoms with van der Waals surface area (Å²) < 4.78 is 2.01. The summed E-state index contributed by atoms with van der Waals surface area (Å²) in [5.74, 6) is 0. The molecule has 5 heteroatoms. The molecule has 2 aromatic carbocycles. The molecule has 0 fully saturated rings. The van der Waals surface area contributed by atoms with Crippen molar-refractivity contribution in [2.45, 2.75) is 6.04 Å². The van der Waals surface area contributed by atoms with E-state index in [4.69, 9.17) is 0 Å². The van der Waals surface area contributed by atoms with Crippen molar-refractivity contribution >= 4 is 16.7 Å². The van der Waals surface area contributed by atoms with E-state index in [1.165, 1.54) is 27.6 Å². The molecule has 5 nitrogen and oxygen atoms in total. The van der Waals surface area contributed by atoms with E-state index in [2.05, 4.69) is 81.1 Å². The van der Waals surface area contributed by atoms with Crippen molar-refractivity contribution in [1.82, 2.24) is 19.5 Å². The first-order chi connectivity index (χ1) is 13.9. The standard InChI is InChI=1S/C23H17N5/c1-2-4-20-17(3-1)18-9-10-25-23-21(18)19(13-26-23)22(27-20)15-5-7-16(8-6-15)28-12-11-24-14-28/h1-14,22,27H,(H,25,26). The minimum atomic E-state index is 0.0391. The minimum Gasteiger partial charge on any atom is -0.374 e. The van der Waals surface area contributed by atoms with Crippen molar-refractivity contribution < 1.29 is 0 Å². The summed E-state index contributed by atoms with van der Waals surface area (Å²) >= 11 is 0. The van der Waals surface area contributed by atoms with Crippen LogP contribution in [-0.2, 0) is 0 Å². The number of aromatic amines is 1. The topological polar surface area (TPSA) is 58.5 Å². The highest BCUT2D eigenvalue weighted by Gasteiger charge is 2.25. The van der Waals surface area contributed by atoms with Gasteiger partial charge in [0.2, 0.25) is 0 Å². The molecule has 5 aromatic rings. The van der Waals surface area contributed by atoms with Gasteiger partial charge in [-0.2, -0.15) is 0 Å². The van der Waals surface area contributed by atoms with Crippen molar-refractivity contribution in [1.29, 1.82) is 0 Å². The van der Waals surface area contributed by atoms with Crippen molar-refractivity contribution in [3.8, 4) is 16.8 Å². The molecule has 1 unspecified atom stereocenters. The number of nitrogens with zero attached hydrogens (tertiary/aromatic N) is 3.